The maximum atomic E-state index is 12.8. The lowest BCUT2D eigenvalue weighted by atomic mass is 9.87. The van der Waals surface area contributed by atoms with Gasteiger partial charge in [-0.15, -0.1) is 11.3 Å². The van der Waals surface area contributed by atoms with E-state index in [1.807, 2.05) is 11.3 Å². The van der Waals surface area contributed by atoms with Crippen molar-refractivity contribution < 1.29 is 4.79 Å². The van der Waals surface area contributed by atoms with Crippen LogP contribution in [0, 0.1) is 20.8 Å². The number of thiazole rings is 1. The molecular weight excluding hydrogens is 366 g/mol. The summed E-state index contributed by atoms with van der Waals surface area (Å²) in [5.74, 6) is 0.336. The van der Waals surface area contributed by atoms with Gasteiger partial charge < -0.3 is 4.90 Å². The summed E-state index contributed by atoms with van der Waals surface area (Å²) in [6, 6.07) is 8.65. The van der Waals surface area contributed by atoms with Gasteiger partial charge in [0.05, 0.1) is 10.7 Å². The van der Waals surface area contributed by atoms with Gasteiger partial charge in [-0.05, 0) is 58.6 Å². The zero-order chi connectivity index (χ0) is 19.7. The third-order valence-electron chi connectivity index (χ3n) is 6.52. The van der Waals surface area contributed by atoms with Crippen LogP contribution in [0.3, 0.4) is 0 Å². The van der Waals surface area contributed by atoms with E-state index in [-0.39, 0.29) is 5.54 Å². The molecule has 2 saturated heterocycles. The van der Waals surface area contributed by atoms with Crippen molar-refractivity contribution in [2.75, 3.05) is 13.1 Å². The predicted octanol–water partition coefficient (Wildman–Crippen LogP) is 4.62. The van der Waals surface area contributed by atoms with Crippen LogP contribution in [-0.2, 0) is 17.9 Å². The number of hydrogen-bond donors (Lipinski definition) is 0. The first-order valence-electron chi connectivity index (χ1n) is 10.5. The van der Waals surface area contributed by atoms with Crippen molar-refractivity contribution in [1.29, 1.82) is 0 Å². The van der Waals surface area contributed by atoms with Crippen LogP contribution in [0.1, 0.15) is 58.8 Å². The Labute approximate surface area is 172 Å². The van der Waals surface area contributed by atoms with E-state index in [0.29, 0.717) is 12.3 Å². The quantitative estimate of drug-likeness (QED) is 0.756. The Morgan fingerprint density at radius 2 is 1.82 bits per heavy atom. The van der Waals surface area contributed by atoms with Crippen molar-refractivity contribution in [2.24, 2.45) is 0 Å². The van der Waals surface area contributed by atoms with Crippen LogP contribution in [-0.4, -0.2) is 39.3 Å². The van der Waals surface area contributed by atoms with Gasteiger partial charge in [0.2, 0.25) is 5.91 Å². The number of carbonyl (C=O) groups is 1. The molecule has 150 valence electrons. The minimum atomic E-state index is 0.0510. The number of aryl methyl sites for hydroxylation is 3. The highest BCUT2D eigenvalue weighted by molar-refractivity contribution is 7.11. The van der Waals surface area contributed by atoms with Crippen LogP contribution < -0.4 is 0 Å². The average molecular weight is 398 g/mol. The standard InChI is InChI=1S/C23H31N3OS/c1-17-5-7-20(8-6-17)15-26-22(27)9-11-23(26)10-4-13-25(14-12-23)16-21-18(2)24-19(3)28-21/h5-8H,4,9-16H2,1-3H3/t23-/m0/s1. The molecule has 4 rings (SSSR count). The maximum Gasteiger partial charge on any atom is 0.223 e. The van der Waals surface area contributed by atoms with E-state index in [4.69, 9.17) is 0 Å². The molecule has 3 heterocycles. The summed E-state index contributed by atoms with van der Waals surface area (Å²) in [6.45, 7) is 10.3. The van der Waals surface area contributed by atoms with E-state index >= 15 is 0 Å². The Kier molecular flexibility index (Phi) is 5.57. The molecule has 0 aliphatic carbocycles. The molecule has 0 radical (unpaired) electrons. The summed E-state index contributed by atoms with van der Waals surface area (Å²) in [5.41, 5.74) is 3.75. The SMILES string of the molecule is Cc1ccc(CN2C(=O)CC[C@]23CCCN(Cc2sc(C)nc2C)CC3)cc1. The van der Waals surface area contributed by atoms with Gasteiger partial charge in [0.15, 0.2) is 0 Å². The van der Waals surface area contributed by atoms with E-state index in [0.717, 1.165) is 56.9 Å². The molecule has 2 aromatic rings. The Bertz CT molecular complexity index is 844. The monoisotopic (exact) mass is 397 g/mol. The van der Waals surface area contributed by atoms with Crippen molar-refractivity contribution in [3.8, 4) is 0 Å². The highest BCUT2D eigenvalue weighted by atomic mass is 32.1. The number of nitrogens with zero attached hydrogens (tertiary/aromatic N) is 3. The van der Waals surface area contributed by atoms with Gasteiger partial charge in [-0.25, -0.2) is 4.98 Å². The van der Waals surface area contributed by atoms with Crippen molar-refractivity contribution >= 4 is 17.2 Å². The average Bonchev–Trinajstić information content (AvgIpc) is 3.04. The topological polar surface area (TPSA) is 36.4 Å². The number of rotatable bonds is 4. The molecular formula is C23H31N3OS. The summed E-state index contributed by atoms with van der Waals surface area (Å²) in [5, 5.41) is 1.16. The molecule has 2 aliphatic heterocycles. The number of benzene rings is 1. The van der Waals surface area contributed by atoms with Gasteiger partial charge >= 0.3 is 0 Å². The summed E-state index contributed by atoms with van der Waals surface area (Å²) in [7, 11) is 0. The van der Waals surface area contributed by atoms with E-state index in [1.54, 1.807) is 0 Å². The lowest BCUT2D eigenvalue weighted by molar-refractivity contribution is -0.132. The molecule has 0 saturated carbocycles. The first-order valence-corrected chi connectivity index (χ1v) is 11.3. The second-order valence-electron chi connectivity index (χ2n) is 8.56. The Balaban J connectivity index is 1.46. The highest BCUT2D eigenvalue weighted by Gasteiger charge is 2.45. The van der Waals surface area contributed by atoms with Gasteiger partial charge in [-0.1, -0.05) is 29.8 Å². The van der Waals surface area contributed by atoms with Crippen LogP contribution in [0.4, 0.5) is 0 Å². The summed E-state index contributed by atoms with van der Waals surface area (Å²) in [4.78, 5) is 23.5. The lowest BCUT2D eigenvalue weighted by Crippen LogP contribution is -2.45. The molecule has 0 bridgehead atoms. The van der Waals surface area contributed by atoms with E-state index in [2.05, 4.69) is 59.8 Å². The van der Waals surface area contributed by atoms with E-state index in [1.165, 1.54) is 21.7 Å². The largest absolute Gasteiger partial charge is 0.333 e. The maximum absolute atomic E-state index is 12.8. The molecule has 1 aromatic heterocycles. The number of amides is 1. The first-order chi connectivity index (χ1) is 13.4. The number of likely N-dealkylation sites (tertiary alicyclic amines) is 2. The number of hydrogen-bond acceptors (Lipinski definition) is 4. The third kappa shape index (κ3) is 4.01. The molecule has 4 nitrogen and oxygen atoms in total. The molecule has 2 fully saturated rings. The van der Waals surface area contributed by atoms with Gasteiger partial charge in [-0.3, -0.25) is 9.69 Å². The molecule has 1 aromatic carbocycles. The second kappa shape index (κ2) is 7.96. The van der Waals surface area contributed by atoms with Crippen molar-refractivity contribution in [1.82, 2.24) is 14.8 Å². The fourth-order valence-electron chi connectivity index (χ4n) is 4.84. The van der Waals surface area contributed by atoms with Gasteiger partial charge in [0.1, 0.15) is 0 Å². The fourth-order valence-corrected chi connectivity index (χ4v) is 5.82. The Morgan fingerprint density at radius 3 is 2.54 bits per heavy atom. The van der Waals surface area contributed by atoms with Gasteiger partial charge in [0.25, 0.3) is 0 Å². The normalized spacial score (nSPS) is 23.5. The molecule has 28 heavy (non-hydrogen) atoms. The van der Waals surface area contributed by atoms with Gasteiger partial charge in [0, 0.05) is 36.5 Å². The van der Waals surface area contributed by atoms with Crippen molar-refractivity contribution in [2.45, 2.75) is 71.5 Å². The number of aromatic nitrogens is 1. The van der Waals surface area contributed by atoms with E-state index in [9.17, 15) is 4.79 Å². The Hall–Kier alpha value is -1.72. The van der Waals surface area contributed by atoms with Crippen LogP contribution in [0.15, 0.2) is 24.3 Å². The minimum Gasteiger partial charge on any atom is -0.333 e. The van der Waals surface area contributed by atoms with Crippen LogP contribution in [0.25, 0.3) is 0 Å². The zero-order valence-electron chi connectivity index (χ0n) is 17.3. The summed E-state index contributed by atoms with van der Waals surface area (Å²) < 4.78 is 0. The van der Waals surface area contributed by atoms with Crippen LogP contribution in [0.5, 0.6) is 0 Å². The molecule has 0 N–H and O–H groups in total. The highest BCUT2D eigenvalue weighted by Crippen LogP contribution is 2.40. The molecule has 1 atom stereocenters. The van der Waals surface area contributed by atoms with Crippen molar-refractivity contribution in [3.05, 3.63) is 51.0 Å². The van der Waals surface area contributed by atoms with Gasteiger partial charge in [-0.2, -0.15) is 0 Å². The zero-order valence-corrected chi connectivity index (χ0v) is 18.1. The fraction of sp³-hybridized carbons (Fsp3) is 0.565. The predicted molar refractivity (Wildman–Crippen MR) is 114 cm³/mol. The van der Waals surface area contributed by atoms with Crippen LogP contribution >= 0.6 is 11.3 Å². The Morgan fingerprint density at radius 1 is 1.04 bits per heavy atom. The lowest BCUT2D eigenvalue weighted by Gasteiger charge is -2.38. The smallest absolute Gasteiger partial charge is 0.223 e. The third-order valence-corrected chi connectivity index (χ3v) is 7.57. The van der Waals surface area contributed by atoms with Crippen molar-refractivity contribution in [3.63, 3.8) is 0 Å². The molecule has 1 amide bonds. The van der Waals surface area contributed by atoms with E-state index < -0.39 is 0 Å². The number of carbonyl (C=O) groups excluding carboxylic acids is 1. The summed E-state index contributed by atoms with van der Waals surface area (Å²) >= 11 is 1.83. The minimum absolute atomic E-state index is 0.0510. The molecule has 0 unspecified atom stereocenters. The molecule has 2 aliphatic rings. The second-order valence-corrected chi connectivity index (χ2v) is 9.85. The molecule has 1 spiro atoms. The summed E-state index contributed by atoms with van der Waals surface area (Å²) in [6.07, 6.45) is 5.10. The van der Waals surface area contributed by atoms with Crippen LogP contribution in [0.2, 0.25) is 0 Å². The molecule has 5 heteroatoms. The first kappa shape index (κ1) is 19.6.